The minimum Gasteiger partial charge on any atom is -0.465 e. The molecule has 0 aliphatic heterocycles. The second-order valence-electron chi connectivity index (χ2n) is 4.37. The maximum absolute atomic E-state index is 11.8. The molecule has 0 radical (unpaired) electrons. The lowest BCUT2D eigenvalue weighted by Gasteiger charge is -2.22. The quantitative estimate of drug-likeness (QED) is 0.696. The third kappa shape index (κ3) is 3.29. The van der Waals surface area contributed by atoms with E-state index in [1.165, 1.54) is 11.4 Å². The van der Waals surface area contributed by atoms with Gasteiger partial charge in [-0.05, 0) is 31.2 Å². The molecule has 0 aliphatic rings. The minimum atomic E-state index is -2.32. The average molecular weight is 305 g/mol. The predicted octanol–water partition coefficient (Wildman–Crippen LogP) is 3.06. The first-order valence-corrected chi connectivity index (χ1v) is 7.26. The molecule has 6 heteroatoms. The predicted molar refractivity (Wildman–Crippen MR) is 81.9 cm³/mol. The van der Waals surface area contributed by atoms with E-state index < -0.39 is 17.2 Å². The van der Waals surface area contributed by atoms with Crippen LogP contribution in [0.25, 0.3) is 0 Å². The summed E-state index contributed by atoms with van der Waals surface area (Å²) in [7, 11) is 1.27. The summed E-state index contributed by atoms with van der Waals surface area (Å²) in [4.78, 5) is 11.8. The highest BCUT2D eigenvalue weighted by Gasteiger charge is 2.21. The van der Waals surface area contributed by atoms with Crippen molar-refractivity contribution < 1.29 is 18.3 Å². The molecule has 0 amide bonds. The molecule has 2 aromatic rings. The average Bonchev–Trinajstić information content (AvgIpc) is 2.49. The van der Waals surface area contributed by atoms with Gasteiger partial charge >= 0.3 is 5.97 Å². The molecule has 0 saturated heterocycles. The van der Waals surface area contributed by atoms with Crippen molar-refractivity contribution in [3.05, 3.63) is 59.7 Å². The maximum Gasteiger partial charge on any atom is 0.340 e. The van der Waals surface area contributed by atoms with E-state index in [1.54, 1.807) is 36.4 Å². The number of aryl methyl sites for hydroxylation is 1. The first-order valence-electron chi connectivity index (χ1n) is 6.19. The van der Waals surface area contributed by atoms with Crippen LogP contribution in [0.5, 0.6) is 0 Å². The minimum absolute atomic E-state index is 0.225. The Balaban J connectivity index is 2.56. The summed E-state index contributed by atoms with van der Waals surface area (Å²) in [6.07, 6.45) is 0. The number of rotatable bonds is 4. The normalized spacial score (nSPS) is 11.8. The number of benzene rings is 2. The molecule has 0 saturated carbocycles. The van der Waals surface area contributed by atoms with Gasteiger partial charge in [-0.1, -0.05) is 29.8 Å². The number of hydrogen-bond donors (Lipinski definition) is 1. The number of methoxy groups -OCH3 is 1. The Kier molecular flexibility index (Phi) is 4.72. The van der Waals surface area contributed by atoms with Gasteiger partial charge in [0.25, 0.3) is 11.3 Å². The van der Waals surface area contributed by atoms with E-state index in [1.807, 2.05) is 19.1 Å². The van der Waals surface area contributed by atoms with Crippen molar-refractivity contribution in [1.82, 2.24) is 0 Å². The maximum atomic E-state index is 11.8. The van der Waals surface area contributed by atoms with Crippen LogP contribution in [0.2, 0.25) is 0 Å². The molecule has 0 aliphatic carbocycles. The molecule has 2 rings (SSSR count). The second-order valence-corrected chi connectivity index (χ2v) is 5.20. The summed E-state index contributed by atoms with van der Waals surface area (Å²) in [5.41, 5.74) is 2.08. The van der Waals surface area contributed by atoms with Crippen LogP contribution in [0.3, 0.4) is 0 Å². The van der Waals surface area contributed by atoms with Crippen molar-refractivity contribution in [3.63, 3.8) is 0 Å². The number of hydrogen-bond acceptors (Lipinski definition) is 3. The third-order valence-corrected chi connectivity index (χ3v) is 3.67. The highest BCUT2D eigenvalue weighted by molar-refractivity contribution is 7.81. The summed E-state index contributed by atoms with van der Waals surface area (Å²) in [6, 6.07) is 13.6. The van der Waals surface area contributed by atoms with Crippen LogP contribution in [0, 0.1) is 6.92 Å². The molecule has 0 bridgehead atoms. The Morgan fingerprint density at radius 2 is 1.76 bits per heavy atom. The van der Waals surface area contributed by atoms with Crippen molar-refractivity contribution in [2.24, 2.45) is 0 Å². The molecule has 0 aromatic heterocycles. The first kappa shape index (κ1) is 15.2. The van der Waals surface area contributed by atoms with Crippen molar-refractivity contribution in [2.45, 2.75) is 6.92 Å². The standard InChI is InChI=1S/C15H15NO4S/c1-11-7-9-12(10-8-11)16(21(18)19)14-6-4-3-5-13(14)15(17)20-2/h3-10H,1-2H3,(H,18,19). The fraction of sp³-hybridized carbons (Fsp3) is 0.133. The van der Waals surface area contributed by atoms with E-state index in [0.29, 0.717) is 11.4 Å². The number of esters is 1. The van der Waals surface area contributed by atoms with E-state index in [0.717, 1.165) is 5.56 Å². The van der Waals surface area contributed by atoms with E-state index in [9.17, 15) is 13.6 Å². The van der Waals surface area contributed by atoms with Crippen molar-refractivity contribution in [1.29, 1.82) is 0 Å². The lowest BCUT2D eigenvalue weighted by molar-refractivity contribution is 0.0602. The van der Waals surface area contributed by atoms with Crippen LogP contribution in [0.15, 0.2) is 48.5 Å². The number of nitrogens with zero attached hydrogens (tertiary/aromatic N) is 1. The lowest BCUT2D eigenvalue weighted by atomic mass is 10.1. The fourth-order valence-electron chi connectivity index (χ4n) is 1.93. The number of carbonyl (C=O) groups excluding carboxylic acids is 1. The molecule has 21 heavy (non-hydrogen) atoms. The zero-order valence-corrected chi connectivity index (χ0v) is 12.5. The van der Waals surface area contributed by atoms with Gasteiger partial charge in [-0.25, -0.2) is 13.3 Å². The van der Waals surface area contributed by atoms with Crippen LogP contribution in [-0.2, 0) is 16.0 Å². The molecular formula is C15H15NO4S. The van der Waals surface area contributed by atoms with Gasteiger partial charge in [0.2, 0.25) is 0 Å². The van der Waals surface area contributed by atoms with Crippen molar-refractivity contribution in [2.75, 3.05) is 11.4 Å². The molecule has 2 aromatic carbocycles. The number of ether oxygens (including phenoxy) is 1. The van der Waals surface area contributed by atoms with Crippen LogP contribution in [0.4, 0.5) is 11.4 Å². The second kappa shape index (κ2) is 6.51. The Morgan fingerprint density at radius 1 is 1.14 bits per heavy atom. The molecule has 0 heterocycles. The van der Waals surface area contributed by atoms with Gasteiger partial charge in [0.15, 0.2) is 0 Å². The van der Waals surface area contributed by atoms with Crippen LogP contribution in [0.1, 0.15) is 15.9 Å². The summed E-state index contributed by atoms with van der Waals surface area (Å²) < 4.78 is 27.2. The highest BCUT2D eigenvalue weighted by atomic mass is 32.2. The molecule has 110 valence electrons. The van der Waals surface area contributed by atoms with Crippen LogP contribution >= 0.6 is 0 Å². The Labute approximate surface area is 125 Å². The molecular weight excluding hydrogens is 290 g/mol. The summed E-state index contributed by atoms with van der Waals surface area (Å²) in [5.74, 6) is -0.562. The van der Waals surface area contributed by atoms with Gasteiger partial charge in [0.05, 0.1) is 24.0 Å². The topological polar surface area (TPSA) is 66.8 Å². The number of anilines is 2. The summed E-state index contributed by atoms with van der Waals surface area (Å²) in [6.45, 7) is 1.92. The van der Waals surface area contributed by atoms with Crippen LogP contribution in [-0.4, -0.2) is 21.8 Å². The highest BCUT2D eigenvalue weighted by Crippen LogP contribution is 2.30. The Morgan fingerprint density at radius 3 is 2.33 bits per heavy atom. The van der Waals surface area contributed by atoms with Gasteiger partial charge < -0.3 is 4.74 Å². The zero-order chi connectivity index (χ0) is 15.4. The molecule has 1 atom stereocenters. The Hall–Kier alpha value is -2.18. The van der Waals surface area contributed by atoms with Crippen LogP contribution < -0.4 is 4.31 Å². The van der Waals surface area contributed by atoms with E-state index in [-0.39, 0.29) is 5.56 Å². The number of carbonyl (C=O) groups is 1. The first-order chi connectivity index (χ1) is 10.0. The van der Waals surface area contributed by atoms with Gasteiger partial charge in [0.1, 0.15) is 0 Å². The van der Waals surface area contributed by atoms with E-state index in [4.69, 9.17) is 4.74 Å². The van der Waals surface area contributed by atoms with E-state index in [2.05, 4.69) is 0 Å². The molecule has 0 spiro atoms. The molecule has 1 unspecified atom stereocenters. The lowest BCUT2D eigenvalue weighted by Crippen LogP contribution is -2.22. The molecule has 1 N–H and O–H groups in total. The number of para-hydroxylation sites is 1. The largest absolute Gasteiger partial charge is 0.465 e. The summed E-state index contributed by atoms with van der Waals surface area (Å²) in [5, 5.41) is 0. The molecule has 0 fully saturated rings. The smallest absolute Gasteiger partial charge is 0.340 e. The zero-order valence-electron chi connectivity index (χ0n) is 11.6. The SMILES string of the molecule is COC(=O)c1ccccc1N(c1ccc(C)cc1)S(=O)O. The van der Waals surface area contributed by atoms with Gasteiger partial charge in [-0.15, -0.1) is 0 Å². The monoisotopic (exact) mass is 305 g/mol. The Bertz CT molecular complexity index is 670. The third-order valence-electron chi connectivity index (χ3n) is 2.95. The van der Waals surface area contributed by atoms with Gasteiger partial charge in [0, 0.05) is 0 Å². The van der Waals surface area contributed by atoms with Gasteiger partial charge in [-0.2, -0.15) is 0 Å². The van der Waals surface area contributed by atoms with Gasteiger partial charge in [-0.3, -0.25) is 4.55 Å². The van der Waals surface area contributed by atoms with E-state index >= 15 is 0 Å². The molecule has 5 nitrogen and oxygen atoms in total. The fourth-order valence-corrected chi connectivity index (χ4v) is 2.56. The summed E-state index contributed by atoms with van der Waals surface area (Å²) >= 11 is -2.32. The van der Waals surface area contributed by atoms with Crippen molar-refractivity contribution in [3.8, 4) is 0 Å². The van der Waals surface area contributed by atoms with Crippen molar-refractivity contribution >= 4 is 28.6 Å².